The highest BCUT2D eigenvalue weighted by atomic mass is 16.7. The topological polar surface area (TPSA) is 81.7 Å². The number of hydrogen-bond donors (Lipinski definition) is 0. The molecule has 0 bridgehead atoms. The first-order valence-electron chi connectivity index (χ1n) is 10.8. The molecule has 4 rings (SSSR count). The smallest absolute Gasteiger partial charge is 0.308 e. The van der Waals surface area contributed by atoms with Crippen LogP contribution in [-0.2, 0) is 39.9 Å². The zero-order chi connectivity index (χ0) is 24.7. The van der Waals surface area contributed by atoms with E-state index in [0.29, 0.717) is 22.8 Å². The summed E-state index contributed by atoms with van der Waals surface area (Å²) in [5.74, 6) is -0.743. The van der Waals surface area contributed by atoms with E-state index in [9.17, 15) is 4.79 Å². The zero-order valence-electron chi connectivity index (χ0n) is 20.5. The summed E-state index contributed by atoms with van der Waals surface area (Å²) >= 11 is 0. The van der Waals surface area contributed by atoms with Gasteiger partial charge in [0.1, 0.15) is 17.3 Å². The molecule has 2 aliphatic rings. The Balaban J connectivity index is 2.05. The molecule has 2 unspecified atom stereocenters. The van der Waals surface area contributed by atoms with E-state index in [0.717, 1.165) is 16.7 Å². The number of fused-ring (bicyclic) bond motifs is 2. The van der Waals surface area contributed by atoms with Crippen molar-refractivity contribution in [2.45, 2.75) is 24.4 Å². The first kappa shape index (κ1) is 24.2. The highest BCUT2D eigenvalue weighted by Crippen LogP contribution is 2.67. The van der Waals surface area contributed by atoms with Crippen LogP contribution in [-0.4, -0.2) is 48.6 Å². The van der Waals surface area contributed by atoms with Crippen LogP contribution in [0.4, 0.5) is 0 Å². The summed E-state index contributed by atoms with van der Waals surface area (Å²) in [5.41, 5.74) is 1.79. The molecule has 2 aliphatic carbocycles. The van der Waals surface area contributed by atoms with Gasteiger partial charge in [-0.15, -0.1) is 0 Å². The molecule has 0 radical (unpaired) electrons. The molecule has 2 aromatic carbocycles. The van der Waals surface area contributed by atoms with E-state index in [1.165, 1.54) is 6.92 Å². The highest BCUT2D eigenvalue weighted by Gasteiger charge is 2.72. The zero-order valence-corrected chi connectivity index (χ0v) is 20.5. The van der Waals surface area contributed by atoms with Crippen molar-refractivity contribution in [2.24, 2.45) is 5.92 Å². The largest absolute Gasteiger partial charge is 0.496 e. The Hall–Kier alpha value is -2.91. The van der Waals surface area contributed by atoms with Gasteiger partial charge in [0.2, 0.25) is 5.79 Å². The van der Waals surface area contributed by atoms with Crippen LogP contribution in [0.3, 0.4) is 0 Å². The van der Waals surface area contributed by atoms with E-state index >= 15 is 0 Å². The van der Waals surface area contributed by atoms with Gasteiger partial charge in [-0.25, -0.2) is 0 Å². The third-order valence-electron chi connectivity index (χ3n) is 6.82. The van der Waals surface area contributed by atoms with Crippen LogP contribution in [0.25, 0.3) is 5.76 Å². The Morgan fingerprint density at radius 2 is 1.50 bits per heavy atom. The van der Waals surface area contributed by atoms with Gasteiger partial charge in [0.15, 0.2) is 5.60 Å². The van der Waals surface area contributed by atoms with E-state index in [1.54, 1.807) is 42.7 Å². The van der Waals surface area contributed by atoms with Gasteiger partial charge in [0.05, 0.1) is 31.8 Å². The monoisotopic (exact) mass is 470 g/mol. The second-order valence-electron chi connectivity index (χ2n) is 8.08. The van der Waals surface area contributed by atoms with Crippen molar-refractivity contribution in [3.05, 3.63) is 64.7 Å². The molecular formula is C26H30O8. The van der Waals surface area contributed by atoms with E-state index < -0.39 is 29.4 Å². The van der Waals surface area contributed by atoms with Crippen LogP contribution >= 0.6 is 0 Å². The average Bonchev–Trinajstić information content (AvgIpc) is 2.85. The van der Waals surface area contributed by atoms with Crippen LogP contribution in [0.2, 0.25) is 0 Å². The predicted octanol–water partition coefficient (Wildman–Crippen LogP) is 3.93. The number of carbonyl (C=O) groups excluding carboxylic acids is 1. The second kappa shape index (κ2) is 9.03. The molecule has 0 N–H and O–H groups in total. The predicted molar refractivity (Wildman–Crippen MR) is 123 cm³/mol. The number of ether oxygens (including phenoxy) is 7. The third kappa shape index (κ3) is 3.03. The average molecular weight is 471 g/mol. The summed E-state index contributed by atoms with van der Waals surface area (Å²) in [6.07, 6.45) is 1.30. The lowest BCUT2D eigenvalue weighted by Gasteiger charge is -2.60. The molecule has 0 fully saturated rings. The van der Waals surface area contributed by atoms with E-state index in [-0.39, 0.29) is 0 Å². The first-order chi connectivity index (χ1) is 16.4. The molecule has 2 aromatic rings. The number of benzene rings is 2. The fourth-order valence-electron chi connectivity index (χ4n) is 5.62. The summed E-state index contributed by atoms with van der Waals surface area (Å²) < 4.78 is 41.4. The van der Waals surface area contributed by atoms with Gasteiger partial charge in [0, 0.05) is 46.5 Å². The van der Waals surface area contributed by atoms with Crippen molar-refractivity contribution >= 4 is 11.7 Å². The van der Waals surface area contributed by atoms with Gasteiger partial charge >= 0.3 is 5.97 Å². The van der Waals surface area contributed by atoms with Crippen LogP contribution in [0.1, 0.15) is 35.3 Å². The molecule has 0 amide bonds. The summed E-state index contributed by atoms with van der Waals surface area (Å²) in [5, 5.41) is 0. The van der Waals surface area contributed by atoms with Gasteiger partial charge in [-0.2, -0.15) is 0 Å². The minimum absolute atomic E-state index is 0.346. The minimum Gasteiger partial charge on any atom is -0.496 e. The molecule has 0 spiro atoms. The molecule has 0 saturated carbocycles. The lowest BCUT2D eigenvalue weighted by atomic mass is 9.57. The molecule has 8 heteroatoms. The highest BCUT2D eigenvalue weighted by molar-refractivity contribution is 5.81. The first-order valence-corrected chi connectivity index (χ1v) is 10.8. The Bertz CT molecular complexity index is 1120. The maximum absolute atomic E-state index is 12.1. The fourth-order valence-corrected chi connectivity index (χ4v) is 5.62. The number of rotatable bonds is 8. The summed E-state index contributed by atoms with van der Waals surface area (Å²) in [6.45, 7) is 1.36. The molecule has 0 heterocycles. The van der Waals surface area contributed by atoms with Crippen LogP contribution in [0, 0.1) is 5.92 Å². The second-order valence-corrected chi connectivity index (χ2v) is 8.08. The van der Waals surface area contributed by atoms with Gasteiger partial charge in [-0.05, 0) is 23.8 Å². The summed E-state index contributed by atoms with van der Waals surface area (Å²) in [4.78, 5) is 12.1. The summed E-state index contributed by atoms with van der Waals surface area (Å²) in [6, 6.07) is 11.2. The maximum Gasteiger partial charge on any atom is 0.308 e. The van der Waals surface area contributed by atoms with Crippen molar-refractivity contribution in [1.82, 2.24) is 0 Å². The van der Waals surface area contributed by atoms with Gasteiger partial charge < -0.3 is 33.2 Å². The lowest BCUT2D eigenvalue weighted by molar-refractivity contribution is -0.367. The van der Waals surface area contributed by atoms with E-state index in [1.807, 2.05) is 42.5 Å². The van der Waals surface area contributed by atoms with E-state index in [2.05, 4.69) is 0 Å². The lowest BCUT2D eigenvalue weighted by Crippen LogP contribution is -2.66. The fraction of sp³-hybridized carbons (Fsp3) is 0.423. The van der Waals surface area contributed by atoms with Crippen molar-refractivity contribution in [3.8, 4) is 11.5 Å². The minimum atomic E-state index is -1.28. The quantitative estimate of drug-likeness (QED) is 0.424. The molecule has 3 atom stereocenters. The van der Waals surface area contributed by atoms with Crippen molar-refractivity contribution in [1.29, 1.82) is 0 Å². The van der Waals surface area contributed by atoms with Gasteiger partial charge in [-0.3, -0.25) is 4.79 Å². The van der Waals surface area contributed by atoms with Crippen molar-refractivity contribution < 1.29 is 38.0 Å². The maximum atomic E-state index is 12.1. The van der Waals surface area contributed by atoms with Crippen LogP contribution in [0.15, 0.2) is 42.5 Å². The third-order valence-corrected chi connectivity index (χ3v) is 6.82. The number of hydrogen-bond acceptors (Lipinski definition) is 8. The van der Waals surface area contributed by atoms with E-state index in [4.69, 9.17) is 33.2 Å². The van der Waals surface area contributed by atoms with Crippen molar-refractivity contribution in [3.63, 3.8) is 0 Å². The SMILES string of the molecule is COc1cccc2c1C(OC(C)=O)=CC(C1(OC)c3c(OC)cccc3C1(OC)OC)[C@@H]2OC. The number of methoxy groups -OCH3 is 6. The van der Waals surface area contributed by atoms with Crippen LogP contribution < -0.4 is 9.47 Å². The molecular weight excluding hydrogens is 440 g/mol. The molecule has 8 nitrogen and oxygen atoms in total. The number of carbonyl (C=O) groups is 1. The van der Waals surface area contributed by atoms with Crippen molar-refractivity contribution in [2.75, 3.05) is 42.7 Å². The van der Waals surface area contributed by atoms with Crippen LogP contribution in [0.5, 0.6) is 11.5 Å². The Kier molecular flexibility index (Phi) is 6.44. The molecule has 0 aromatic heterocycles. The van der Waals surface area contributed by atoms with Gasteiger partial charge in [0.25, 0.3) is 0 Å². The Labute approximate surface area is 199 Å². The summed E-state index contributed by atoms with van der Waals surface area (Å²) in [7, 11) is 9.52. The number of esters is 1. The molecule has 0 saturated heterocycles. The standard InChI is InChI=1S/C26H30O8/c1-15(27)34-21-14-18(24(30-4)16-10-8-12-19(28-2)22(16)21)25(31-5)23-17(26(25,32-6)33-7)11-9-13-20(23)29-3/h8-14,18,24H,1-7H3/t18?,24-,25?/m1/s1. The Morgan fingerprint density at radius 3 is 2.06 bits per heavy atom. The molecule has 0 aliphatic heterocycles. The normalized spacial score (nSPS) is 24.3. The molecule has 34 heavy (non-hydrogen) atoms. The van der Waals surface area contributed by atoms with Gasteiger partial charge in [-0.1, -0.05) is 24.3 Å². The molecule has 182 valence electrons. The Morgan fingerprint density at radius 1 is 0.853 bits per heavy atom.